The van der Waals surface area contributed by atoms with Gasteiger partial charge < -0.3 is 9.30 Å². The molecule has 0 saturated carbocycles. The molecule has 7 nitrogen and oxygen atoms in total. The summed E-state index contributed by atoms with van der Waals surface area (Å²) in [5.74, 6) is 0.915. The Bertz CT molecular complexity index is 906. The Morgan fingerprint density at radius 3 is 2.50 bits per heavy atom. The molecule has 0 atom stereocenters. The summed E-state index contributed by atoms with van der Waals surface area (Å²) in [6.45, 7) is 4.03. The molecular weight excluding hydrogens is 347 g/mol. The third-order valence-corrected chi connectivity index (χ3v) is 4.63. The number of aryl methyl sites for hydroxylation is 1. The number of nitrogens with zero attached hydrogens (tertiary/aromatic N) is 7. The zero-order chi connectivity index (χ0) is 18.3. The summed E-state index contributed by atoms with van der Waals surface area (Å²) in [5.41, 5.74) is 0.312. The molecule has 26 heavy (non-hydrogen) atoms. The minimum Gasteiger partial charge on any atom is -0.368 e. The van der Waals surface area contributed by atoms with E-state index in [1.165, 1.54) is 4.40 Å². The maximum Gasteiger partial charge on any atom is 0.434 e. The van der Waals surface area contributed by atoms with Crippen molar-refractivity contribution in [2.45, 2.75) is 12.7 Å². The highest BCUT2D eigenvalue weighted by atomic mass is 19.4. The number of piperazine rings is 1. The Kier molecular flexibility index (Phi) is 4.06. The number of alkyl halides is 3. The third kappa shape index (κ3) is 3.24. The second-order valence-electron chi connectivity index (χ2n) is 6.34. The van der Waals surface area contributed by atoms with Crippen LogP contribution in [0.1, 0.15) is 11.5 Å². The van der Waals surface area contributed by atoms with Gasteiger partial charge in [0.15, 0.2) is 5.69 Å². The molecule has 1 aliphatic rings. The molecule has 0 aliphatic carbocycles. The topological polar surface area (TPSA) is 54.5 Å². The van der Waals surface area contributed by atoms with Crippen molar-refractivity contribution >= 4 is 11.3 Å². The molecule has 0 spiro atoms. The number of hydrogen-bond donors (Lipinski definition) is 0. The van der Waals surface area contributed by atoms with Crippen LogP contribution in [0.2, 0.25) is 0 Å². The standard InChI is InChI=1S/C16H18F3N7/c1-23-15(20-11-21-23)10-24-4-6-25(7-5-24)12-2-3-14-22-13(16(17,18)19)9-26(14)8-12/h2-3,8-9,11H,4-7,10H2,1H3. The van der Waals surface area contributed by atoms with Crippen molar-refractivity contribution in [2.75, 3.05) is 31.1 Å². The van der Waals surface area contributed by atoms with E-state index in [0.717, 1.165) is 50.4 Å². The number of pyridine rings is 1. The largest absolute Gasteiger partial charge is 0.434 e. The van der Waals surface area contributed by atoms with Crippen LogP contribution in [-0.4, -0.2) is 55.2 Å². The molecule has 1 saturated heterocycles. The molecule has 3 aromatic rings. The van der Waals surface area contributed by atoms with Gasteiger partial charge >= 0.3 is 6.18 Å². The Hall–Kier alpha value is -2.62. The zero-order valence-corrected chi connectivity index (χ0v) is 14.2. The fourth-order valence-corrected chi connectivity index (χ4v) is 3.13. The molecule has 0 bridgehead atoms. The summed E-state index contributed by atoms with van der Waals surface area (Å²) in [6.07, 6.45) is -0.155. The second kappa shape index (κ2) is 6.27. The molecule has 0 amide bonds. The van der Waals surface area contributed by atoms with Crippen molar-refractivity contribution < 1.29 is 13.2 Å². The van der Waals surface area contributed by atoms with E-state index in [1.54, 1.807) is 23.3 Å². The Balaban J connectivity index is 1.44. The van der Waals surface area contributed by atoms with E-state index in [0.29, 0.717) is 5.65 Å². The smallest absolute Gasteiger partial charge is 0.368 e. The van der Waals surface area contributed by atoms with Gasteiger partial charge in [0.25, 0.3) is 0 Å². The minimum absolute atomic E-state index is 0.294. The van der Waals surface area contributed by atoms with E-state index in [4.69, 9.17) is 0 Å². The number of rotatable bonds is 3. The molecule has 10 heteroatoms. The van der Waals surface area contributed by atoms with Crippen LogP contribution in [0.5, 0.6) is 0 Å². The Labute approximate surface area is 147 Å². The summed E-state index contributed by atoms with van der Waals surface area (Å²) in [7, 11) is 1.87. The van der Waals surface area contributed by atoms with Crippen molar-refractivity contribution in [1.29, 1.82) is 0 Å². The predicted molar refractivity (Wildman–Crippen MR) is 88.7 cm³/mol. The lowest BCUT2D eigenvalue weighted by Gasteiger charge is -2.35. The monoisotopic (exact) mass is 365 g/mol. The molecule has 0 unspecified atom stereocenters. The van der Waals surface area contributed by atoms with Gasteiger partial charge in [-0.3, -0.25) is 9.58 Å². The number of halogens is 3. The highest BCUT2D eigenvalue weighted by Gasteiger charge is 2.34. The van der Waals surface area contributed by atoms with Crippen molar-refractivity contribution in [2.24, 2.45) is 7.05 Å². The summed E-state index contributed by atoms with van der Waals surface area (Å²) in [6, 6.07) is 3.44. The van der Waals surface area contributed by atoms with Crippen molar-refractivity contribution in [3.8, 4) is 0 Å². The molecule has 1 fully saturated rings. The van der Waals surface area contributed by atoms with E-state index in [1.807, 2.05) is 13.1 Å². The van der Waals surface area contributed by atoms with Crippen LogP contribution in [0.15, 0.2) is 30.9 Å². The molecule has 4 rings (SSSR count). The van der Waals surface area contributed by atoms with Gasteiger partial charge in [-0.1, -0.05) is 0 Å². The number of anilines is 1. The van der Waals surface area contributed by atoms with Gasteiger partial charge in [-0.2, -0.15) is 18.3 Å². The van der Waals surface area contributed by atoms with Crippen LogP contribution in [0.3, 0.4) is 0 Å². The first-order chi connectivity index (χ1) is 12.4. The van der Waals surface area contributed by atoms with Crippen LogP contribution >= 0.6 is 0 Å². The average molecular weight is 365 g/mol. The van der Waals surface area contributed by atoms with Crippen LogP contribution in [0, 0.1) is 0 Å². The van der Waals surface area contributed by atoms with Gasteiger partial charge in [0, 0.05) is 45.6 Å². The Morgan fingerprint density at radius 2 is 1.85 bits per heavy atom. The third-order valence-electron chi connectivity index (χ3n) is 4.63. The van der Waals surface area contributed by atoms with Crippen LogP contribution in [-0.2, 0) is 19.8 Å². The molecule has 4 heterocycles. The van der Waals surface area contributed by atoms with Crippen LogP contribution in [0.4, 0.5) is 18.9 Å². The van der Waals surface area contributed by atoms with Crippen LogP contribution < -0.4 is 4.90 Å². The first-order valence-corrected chi connectivity index (χ1v) is 8.26. The number of fused-ring (bicyclic) bond motifs is 1. The molecule has 1 aliphatic heterocycles. The first-order valence-electron chi connectivity index (χ1n) is 8.26. The molecular formula is C16H18F3N7. The quantitative estimate of drug-likeness (QED) is 0.709. The van der Waals surface area contributed by atoms with Crippen molar-refractivity contribution in [1.82, 2.24) is 29.0 Å². The Morgan fingerprint density at radius 1 is 1.08 bits per heavy atom. The number of aromatic nitrogens is 5. The summed E-state index contributed by atoms with van der Waals surface area (Å²) in [4.78, 5) is 12.3. The lowest BCUT2D eigenvalue weighted by atomic mass is 10.2. The van der Waals surface area contributed by atoms with Crippen LogP contribution in [0.25, 0.3) is 5.65 Å². The maximum absolute atomic E-state index is 12.8. The minimum atomic E-state index is -4.43. The molecule has 3 aromatic heterocycles. The predicted octanol–water partition coefficient (Wildman–Crippen LogP) is 1.80. The molecule has 0 radical (unpaired) electrons. The lowest BCUT2D eigenvalue weighted by Crippen LogP contribution is -2.46. The fourth-order valence-electron chi connectivity index (χ4n) is 3.13. The van der Waals surface area contributed by atoms with Gasteiger partial charge in [0.1, 0.15) is 17.8 Å². The normalized spacial score (nSPS) is 16.5. The molecule has 0 aromatic carbocycles. The number of hydrogen-bond acceptors (Lipinski definition) is 5. The summed E-state index contributed by atoms with van der Waals surface area (Å²) < 4.78 is 41.6. The van der Waals surface area contributed by atoms with Gasteiger partial charge in [0.2, 0.25) is 0 Å². The van der Waals surface area contributed by atoms with E-state index in [-0.39, 0.29) is 0 Å². The fraction of sp³-hybridized carbons (Fsp3) is 0.438. The molecule has 138 valence electrons. The van der Waals surface area contributed by atoms with Gasteiger partial charge in [0.05, 0.1) is 12.2 Å². The van der Waals surface area contributed by atoms with E-state index in [2.05, 4.69) is 24.9 Å². The second-order valence-corrected chi connectivity index (χ2v) is 6.34. The number of imidazole rings is 1. The van der Waals surface area contributed by atoms with Gasteiger partial charge in [-0.05, 0) is 12.1 Å². The van der Waals surface area contributed by atoms with Crippen molar-refractivity contribution in [3.63, 3.8) is 0 Å². The highest BCUT2D eigenvalue weighted by molar-refractivity contribution is 5.53. The summed E-state index contributed by atoms with van der Waals surface area (Å²) in [5, 5.41) is 4.07. The van der Waals surface area contributed by atoms with E-state index < -0.39 is 11.9 Å². The summed E-state index contributed by atoms with van der Waals surface area (Å²) >= 11 is 0. The van der Waals surface area contributed by atoms with Gasteiger partial charge in [-0.25, -0.2) is 9.97 Å². The SMILES string of the molecule is Cn1ncnc1CN1CCN(c2ccc3nc(C(F)(F)F)cn3c2)CC1. The lowest BCUT2D eigenvalue weighted by molar-refractivity contribution is -0.140. The van der Waals surface area contributed by atoms with E-state index in [9.17, 15) is 13.2 Å². The molecule has 0 N–H and O–H groups in total. The first kappa shape index (κ1) is 16.8. The average Bonchev–Trinajstić information content (AvgIpc) is 3.21. The maximum atomic E-state index is 12.8. The zero-order valence-electron chi connectivity index (χ0n) is 14.2. The van der Waals surface area contributed by atoms with Crippen molar-refractivity contribution in [3.05, 3.63) is 42.4 Å². The highest BCUT2D eigenvalue weighted by Crippen LogP contribution is 2.29. The van der Waals surface area contributed by atoms with E-state index >= 15 is 0 Å². The van der Waals surface area contributed by atoms with Gasteiger partial charge in [-0.15, -0.1) is 0 Å².